The summed E-state index contributed by atoms with van der Waals surface area (Å²) in [6.45, 7) is 2.02. The molecule has 0 saturated carbocycles. The highest BCUT2D eigenvalue weighted by atomic mass is 16.5. The normalized spacial score (nSPS) is 10.2. The molecule has 66 valence electrons. The molecule has 0 saturated heterocycles. The van der Waals surface area contributed by atoms with Gasteiger partial charge in [-0.15, -0.1) is 4.68 Å². The second-order valence-corrected chi connectivity index (χ2v) is 2.97. The van der Waals surface area contributed by atoms with Gasteiger partial charge in [0, 0.05) is 6.07 Å². The third-order valence-electron chi connectivity index (χ3n) is 1.95. The Hall–Kier alpha value is -1.77. The maximum absolute atomic E-state index is 11.2. The highest BCUT2D eigenvalue weighted by Gasteiger charge is 2.01. The number of aryl methyl sites for hydroxylation is 1. The minimum absolute atomic E-state index is 0.796. The van der Waals surface area contributed by atoms with Crippen LogP contribution in [0.2, 0.25) is 0 Å². The van der Waals surface area contributed by atoms with E-state index in [9.17, 15) is 5.21 Å². The molecule has 0 fully saturated rings. The topological polar surface area (TPSA) is 31.9 Å². The smallest absolute Gasteiger partial charge is 0.209 e. The van der Waals surface area contributed by atoms with Crippen LogP contribution in [0.1, 0.15) is 5.56 Å². The van der Waals surface area contributed by atoms with Crippen LogP contribution in [-0.4, -0.2) is 4.68 Å². The van der Waals surface area contributed by atoms with Gasteiger partial charge in [0.2, 0.25) is 6.20 Å². The van der Waals surface area contributed by atoms with Gasteiger partial charge in [0.05, 0.1) is 6.20 Å². The number of benzene rings is 1. The second-order valence-electron chi connectivity index (χ2n) is 2.97. The van der Waals surface area contributed by atoms with E-state index in [1.165, 1.54) is 11.8 Å². The highest BCUT2D eigenvalue weighted by Crippen LogP contribution is 2.06. The first-order valence-corrected chi connectivity index (χ1v) is 4.11. The lowest BCUT2D eigenvalue weighted by molar-refractivity contribution is -0.683. The van der Waals surface area contributed by atoms with E-state index in [4.69, 9.17) is 0 Å². The third kappa shape index (κ3) is 1.40. The van der Waals surface area contributed by atoms with Gasteiger partial charge in [0.15, 0.2) is 0 Å². The molecule has 1 aromatic carbocycles. The summed E-state index contributed by atoms with van der Waals surface area (Å²) in [4.78, 5) is 0.796. The van der Waals surface area contributed by atoms with Crippen molar-refractivity contribution in [3.05, 3.63) is 53.5 Å². The summed E-state index contributed by atoms with van der Waals surface area (Å²) in [6.07, 6.45) is 3.21. The first kappa shape index (κ1) is 7.86. The Morgan fingerprint density at radius 1 is 1.23 bits per heavy atom. The zero-order valence-corrected chi connectivity index (χ0v) is 7.34. The van der Waals surface area contributed by atoms with Crippen molar-refractivity contribution in [2.75, 3.05) is 0 Å². The van der Waals surface area contributed by atoms with Crippen molar-refractivity contribution in [2.45, 2.75) is 6.92 Å². The summed E-state index contributed by atoms with van der Waals surface area (Å²) in [5.41, 5.74) is 2.07. The van der Waals surface area contributed by atoms with Crippen LogP contribution in [0.3, 0.4) is 0 Å². The van der Waals surface area contributed by atoms with E-state index >= 15 is 0 Å². The number of hydrogen-bond donors (Lipinski definition) is 0. The largest absolute Gasteiger partial charge is 0.596 e. The van der Waals surface area contributed by atoms with E-state index in [0.29, 0.717) is 0 Å². The zero-order valence-electron chi connectivity index (χ0n) is 7.34. The molecule has 0 N–H and O–H groups in total. The summed E-state index contributed by atoms with van der Waals surface area (Å²) in [5.74, 6) is 0. The van der Waals surface area contributed by atoms with Crippen molar-refractivity contribution in [2.24, 2.45) is 0 Å². The molecule has 0 aliphatic rings. The maximum atomic E-state index is 11.2. The summed E-state index contributed by atoms with van der Waals surface area (Å²) in [5, 5.41) is 11.2. The van der Waals surface area contributed by atoms with Crippen LogP contribution < -0.4 is 4.85 Å². The van der Waals surface area contributed by atoms with Gasteiger partial charge in [-0.2, -0.15) is 0 Å². The Balaban J connectivity index is 2.47. The predicted octanol–water partition coefficient (Wildman–Crippen LogP) is 1.42. The predicted molar refractivity (Wildman–Crippen MR) is 49.5 cm³/mol. The fourth-order valence-corrected chi connectivity index (χ4v) is 1.23. The summed E-state index contributed by atoms with van der Waals surface area (Å²) >= 11 is 0. The molecule has 0 unspecified atom stereocenters. The molecule has 0 spiro atoms. The van der Waals surface area contributed by atoms with Crippen LogP contribution in [0.15, 0.2) is 42.7 Å². The number of rotatable bonds is 1. The average molecular weight is 174 g/mol. The van der Waals surface area contributed by atoms with Crippen LogP contribution in [0.5, 0.6) is 0 Å². The van der Waals surface area contributed by atoms with Crippen LogP contribution in [0, 0.1) is 12.1 Å². The van der Waals surface area contributed by atoms with Gasteiger partial charge in [-0.1, -0.05) is 22.5 Å². The molecule has 1 heterocycles. The Kier molecular flexibility index (Phi) is 1.77. The van der Waals surface area contributed by atoms with Crippen LogP contribution in [0.25, 0.3) is 5.69 Å². The van der Waals surface area contributed by atoms with Crippen LogP contribution >= 0.6 is 0 Å². The van der Waals surface area contributed by atoms with Gasteiger partial charge in [-0.3, -0.25) is 0 Å². The Morgan fingerprint density at radius 2 is 1.92 bits per heavy atom. The van der Waals surface area contributed by atoms with Crippen LogP contribution in [0.4, 0.5) is 0 Å². The fraction of sp³-hybridized carbons (Fsp3) is 0.100. The first-order chi connectivity index (χ1) is 6.27. The molecule has 0 radical (unpaired) electrons. The molecule has 0 atom stereocenters. The zero-order chi connectivity index (χ0) is 9.26. The molecule has 0 aliphatic carbocycles. The maximum Gasteiger partial charge on any atom is 0.209 e. The Morgan fingerprint density at radius 3 is 2.46 bits per heavy atom. The minimum atomic E-state index is 0.796. The average Bonchev–Trinajstić information content (AvgIpc) is 2.53. The Bertz CT molecular complexity index is 403. The van der Waals surface area contributed by atoms with E-state index in [2.05, 4.69) is 0 Å². The standard InChI is InChI=1S/C10H10N2O/c1-9-3-5-10(6-4-9)11-7-2-8-12(11)13/h2-8H,1H3. The molecule has 2 aromatic rings. The van der Waals surface area contributed by atoms with E-state index in [1.807, 2.05) is 31.2 Å². The summed E-state index contributed by atoms with van der Waals surface area (Å²) in [7, 11) is 0. The van der Waals surface area contributed by atoms with Crippen molar-refractivity contribution in [3.8, 4) is 5.69 Å². The van der Waals surface area contributed by atoms with E-state index in [0.717, 1.165) is 10.5 Å². The van der Waals surface area contributed by atoms with Gasteiger partial charge in [0.1, 0.15) is 5.69 Å². The monoisotopic (exact) mass is 174 g/mol. The quantitative estimate of drug-likeness (QED) is 0.475. The molecule has 1 aromatic heterocycles. The molecular weight excluding hydrogens is 164 g/mol. The molecule has 3 heteroatoms. The van der Waals surface area contributed by atoms with E-state index < -0.39 is 0 Å². The summed E-state index contributed by atoms with van der Waals surface area (Å²) < 4.78 is 1.54. The lowest BCUT2D eigenvalue weighted by atomic mass is 10.2. The van der Waals surface area contributed by atoms with Gasteiger partial charge in [-0.25, -0.2) is 0 Å². The SMILES string of the molecule is Cc1ccc(-n2ccc[n+]2[O-])cc1. The highest BCUT2D eigenvalue weighted by molar-refractivity contribution is 5.32. The lowest BCUT2D eigenvalue weighted by Gasteiger charge is -2.02. The van der Waals surface area contributed by atoms with E-state index in [-0.39, 0.29) is 0 Å². The van der Waals surface area contributed by atoms with Crippen molar-refractivity contribution in [1.82, 2.24) is 4.68 Å². The Labute approximate surface area is 76.4 Å². The minimum Gasteiger partial charge on any atom is -0.596 e. The summed E-state index contributed by atoms with van der Waals surface area (Å²) in [6, 6.07) is 9.52. The van der Waals surface area contributed by atoms with Crippen LogP contribution in [-0.2, 0) is 0 Å². The van der Waals surface area contributed by atoms with Crippen molar-refractivity contribution < 1.29 is 4.85 Å². The molecular formula is C10H10N2O. The molecule has 3 nitrogen and oxygen atoms in total. The molecule has 0 bridgehead atoms. The number of nitrogens with zero attached hydrogens (tertiary/aromatic N) is 2. The van der Waals surface area contributed by atoms with Crippen molar-refractivity contribution in [1.29, 1.82) is 0 Å². The van der Waals surface area contributed by atoms with Gasteiger partial charge in [-0.05, 0) is 19.1 Å². The number of hydrogen-bond acceptors (Lipinski definition) is 1. The number of aromatic nitrogens is 2. The van der Waals surface area contributed by atoms with Crippen molar-refractivity contribution in [3.63, 3.8) is 0 Å². The second kappa shape index (κ2) is 2.94. The lowest BCUT2D eigenvalue weighted by Crippen LogP contribution is -2.34. The van der Waals surface area contributed by atoms with Gasteiger partial charge in [0.25, 0.3) is 0 Å². The molecule has 0 amide bonds. The molecule has 0 aliphatic heterocycles. The third-order valence-corrected chi connectivity index (χ3v) is 1.95. The molecule has 13 heavy (non-hydrogen) atoms. The van der Waals surface area contributed by atoms with E-state index in [1.54, 1.807) is 16.9 Å². The molecule has 2 rings (SSSR count). The van der Waals surface area contributed by atoms with Crippen molar-refractivity contribution >= 4 is 0 Å². The first-order valence-electron chi connectivity index (χ1n) is 4.11. The van der Waals surface area contributed by atoms with Gasteiger partial charge < -0.3 is 5.21 Å². The van der Waals surface area contributed by atoms with Gasteiger partial charge >= 0.3 is 0 Å². The fourth-order valence-electron chi connectivity index (χ4n) is 1.23.